The molecule has 0 bridgehead atoms. The van der Waals surface area contributed by atoms with E-state index in [9.17, 15) is 14.4 Å². The maximum atomic E-state index is 14.3. The van der Waals surface area contributed by atoms with Gasteiger partial charge in [-0.05, 0) is 90.9 Å². The van der Waals surface area contributed by atoms with Gasteiger partial charge in [-0.2, -0.15) is 0 Å². The van der Waals surface area contributed by atoms with Crippen LogP contribution >= 0.6 is 34.8 Å². The summed E-state index contributed by atoms with van der Waals surface area (Å²) in [6.45, 7) is 1.37. The number of carbonyl (C=O) groups is 3. The Morgan fingerprint density at radius 2 is 1.40 bits per heavy atom. The number of benzene rings is 4. The molecule has 0 radical (unpaired) electrons. The van der Waals surface area contributed by atoms with Crippen molar-refractivity contribution in [3.63, 3.8) is 0 Å². The Balaban J connectivity index is 1.23. The highest BCUT2D eigenvalue weighted by Gasteiger charge is 2.41. The van der Waals surface area contributed by atoms with Crippen LogP contribution in [0.5, 0.6) is 0 Å². The van der Waals surface area contributed by atoms with Crippen LogP contribution in [-0.2, 0) is 4.79 Å². The van der Waals surface area contributed by atoms with Gasteiger partial charge in [0.15, 0.2) is 0 Å². The summed E-state index contributed by atoms with van der Waals surface area (Å²) in [5.41, 5.74) is 4.12. The molecular formula is C38H36Cl3N3O3. The fourth-order valence-electron chi connectivity index (χ4n) is 6.86. The lowest BCUT2D eigenvalue weighted by molar-refractivity contribution is -0.139. The molecule has 0 N–H and O–H groups in total. The maximum absolute atomic E-state index is 14.3. The smallest absolute Gasteiger partial charge is 0.254 e. The number of carbonyl (C=O) groups excluding carboxylic acids is 3. The summed E-state index contributed by atoms with van der Waals surface area (Å²) < 4.78 is 0. The standard InChI is InChI=1S/C38H36Cl3N3O3/c1-42(36(45)27-14-17-30(39)18-15-27)34-20-22-43(24-31(34)29-16-19-32(40)33(41)23-29)38(47)35-9-5-6-21-44(35)37(46)28-12-10-26(11-13-28)25-7-3-2-4-8-25/h2-4,7-8,10-19,23,31,34-35H,5-6,9,20-22,24H2,1H3/t31-,34+,35+/m0/s1. The van der Waals surface area contributed by atoms with Crippen LogP contribution in [0.4, 0.5) is 0 Å². The van der Waals surface area contributed by atoms with E-state index < -0.39 is 6.04 Å². The van der Waals surface area contributed by atoms with Gasteiger partial charge in [-0.15, -0.1) is 0 Å². The second-order valence-electron chi connectivity index (χ2n) is 12.3. The Hall–Kier alpha value is -3.84. The molecule has 0 unspecified atom stereocenters. The molecule has 0 spiro atoms. The number of hydrogen-bond acceptors (Lipinski definition) is 3. The van der Waals surface area contributed by atoms with Gasteiger partial charge in [0.1, 0.15) is 6.04 Å². The SMILES string of the molecule is CN(C(=O)c1ccc(Cl)cc1)[C@@H]1CCN(C(=O)[C@H]2CCCCN2C(=O)c2ccc(-c3ccccc3)cc2)C[C@H]1c1ccc(Cl)c(Cl)c1. The van der Waals surface area contributed by atoms with Crippen LogP contribution in [0.25, 0.3) is 11.1 Å². The summed E-state index contributed by atoms with van der Waals surface area (Å²) in [7, 11) is 1.80. The fraction of sp³-hybridized carbons (Fsp3) is 0.289. The first-order valence-electron chi connectivity index (χ1n) is 15.9. The third-order valence-electron chi connectivity index (χ3n) is 9.46. The van der Waals surface area contributed by atoms with Crippen molar-refractivity contribution in [3.8, 4) is 11.1 Å². The van der Waals surface area contributed by atoms with E-state index in [0.717, 1.165) is 29.5 Å². The topological polar surface area (TPSA) is 60.9 Å². The van der Waals surface area contributed by atoms with Crippen molar-refractivity contribution >= 4 is 52.5 Å². The van der Waals surface area contributed by atoms with E-state index in [2.05, 4.69) is 0 Å². The number of likely N-dealkylation sites (N-methyl/N-ethyl adjacent to an activating group) is 1. The molecule has 0 aromatic heterocycles. The third-order valence-corrected chi connectivity index (χ3v) is 10.4. The number of nitrogens with zero attached hydrogens (tertiary/aromatic N) is 3. The molecule has 3 amide bonds. The van der Waals surface area contributed by atoms with Crippen molar-refractivity contribution in [2.24, 2.45) is 0 Å². The van der Waals surface area contributed by atoms with Gasteiger partial charge in [0.25, 0.3) is 11.8 Å². The fourth-order valence-corrected chi connectivity index (χ4v) is 7.30. The highest BCUT2D eigenvalue weighted by Crippen LogP contribution is 2.36. The summed E-state index contributed by atoms with van der Waals surface area (Å²) in [4.78, 5) is 47.1. The molecule has 2 aliphatic rings. The average molecular weight is 689 g/mol. The van der Waals surface area contributed by atoms with Crippen molar-refractivity contribution < 1.29 is 14.4 Å². The molecule has 3 atom stereocenters. The quantitative estimate of drug-likeness (QED) is 0.204. The monoisotopic (exact) mass is 687 g/mol. The molecule has 4 aromatic carbocycles. The first kappa shape index (κ1) is 33.1. The number of piperidine rings is 2. The lowest BCUT2D eigenvalue weighted by atomic mass is 9.84. The minimum Gasteiger partial charge on any atom is -0.340 e. The number of hydrogen-bond donors (Lipinski definition) is 0. The molecule has 4 aromatic rings. The predicted octanol–water partition coefficient (Wildman–Crippen LogP) is 8.47. The Bertz CT molecular complexity index is 1750. The summed E-state index contributed by atoms with van der Waals surface area (Å²) in [5, 5.41) is 1.42. The van der Waals surface area contributed by atoms with Crippen LogP contribution in [0, 0.1) is 0 Å². The second kappa shape index (κ2) is 14.5. The average Bonchev–Trinajstić information content (AvgIpc) is 3.12. The van der Waals surface area contributed by atoms with Gasteiger partial charge in [0.2, 0.25) is 5.91 Å². The predicted molar refractivity (Wildman–Crippen MR) is 188 cm³/mol. The molecule has 2 heterocycles. The van der Waals surface area contributed by atoms with Crippen molar-refractivity contribution in [1.82, 2.24) is 14.7 Å². The van der Waals surface area contributed by atoms with Gasteiger partial charge in [-0.1, -0.05) is 83.3 Å². The van der Waals surface area contributed by atoms with E-state index in [1.165, 1.54) is 0 Å². The molecule has 242 valence electrons. The molecule has 0 saturated carbocycles. The maximum Gasteiger partial charge on any atom is 0.254 e. The lowest BCUT2D eigenvalue weighted by Gasteiger charge is -2.45. The number of halogens is 3. The largest absolute Gasteiger partial charge is 0.340 e. The zero-order valence-electron chi connectivity index (χ0n) is 26.1. The zero-order valence-corrected chi connectivity index (χ0v) is 28.4. The molecule has 47 heavy (non-hydrogen) atoms. The van der Waals surface area contributed by atoms with Crippen LogP contribution in [-0.4, -0.2) is 71.2 Å². The number of likely N-dealkylation sites (tertiary alicyclic amines) is 2. The number of rotatable bonds is 6. The van der Waals surface area contributed by atoms with E-state index in [0.29, 0.717) is 58.7 Å². The van der Waals surface area contributed by atoms with Crippen LogP contribution < -0.4 is 0 Å². The van der Waals surface area contributed by atoms with Crippen LogP contribution in [0.2, 0.25) is 15.1 Å². The van der Waals surface area contributed by atoms with Gasteiger partial charge >= 0.3 is 0 Å². The van der Waals surface area contributed by atoms with Gasteiger partial charge in [0, 0.05) is 54.8 Å². The van der Waals surface area contributed by atoms with E-state index in [-0.39, 0.29) is 29.7 Å². The minimum absolute atomic E-state index is 0.0610. The first-order chi connectivity index (χ1) is 22.7. The van der Waals surface area contributed by atoms with Crippen LogP contribution in [0.3, 0.4) is 0 Å². The van der Waals surface area contributed by atoms with E-state index >= 15 is 0 Å². The molecular weight excluding hydrogens is 653 g/mol. The van der Waals surface area contributed by atoms with Gasteiger partial charge < -0.3 is 14.7 Å². The summed E-state index contributed by atoms with van der Waals surface area (Å²) in [6, 6.07) is 29.2. The minimum atomic E-state index is -0.551. The van der Waals surface area contributed by atoms with Gasteiger partial charge in [-0.3, -0.25) is 14.4 Å². The van der Waals surface area contributed by atoms with Crippen molar-refractivity contribution in [2.75, 3.05) is 26.7 Å². The summed E-state index contributed by atoms with van der Waals surface area (Å²) >= 11 is 18.8. The van der Waals surface area contributed by atoms with Gasteiger partial charge in [0.05, 0.1) is 10.0 Å². The van der Waals surface area contributed by atoms with Crippen molar-refractivity contribution in [3.05, 3.63) is 129 Å². The normalized spacial score (nSPS) is 19.7. The Labute approximate surface area is 290 Å². The van der Waals surface area contributed by atoms with E-state index in [1.54, 1.807) is 47.2 Å². The molecule has 2 fully saturated rings. The molecule has 6 nitrogen and oxygen atoms in total. The second-order valence-corrected chi connectivity index (χ2v) is 13.5. The van der Waals surface area contributed by atoms with Gasteiger partial charge in [-0.25, -0.2) is 0 Å². The summed E-state index contributed by atoms with van der Waals surface area (Å²) in [6.07, 6.45) is 2.90. The van der Waals surface area contributed by atoms with E-state index in [1.807, 2.05) is 71.6 Å². The van der Waals surface area contributed by atoms with Crippen molar-refractivity contribution in [1.29, 1.82) is 0 Å². The molecule has 2 aliphatic heterocycles. The highest BCUT2D eigenvalue weighted by atomic mass is 35.5. The first-order valence-corrected chi connectivity index (χ1v) is 17.1. The molecule has 9 heteroatoms. The lowest BCUT2D eigenvalue weighted by Crippen LogP contribution is -2.57. The van der Waals surface area contributed by atoms with Crippen LogP contribution in [0.15, 0.2) is 97.1 Å². The van der Waals surface area contributed by atoms with Crippen LogP contribution in [0.1, 0.15) is 57.9 Å². The summed E-state index contributed by atoms with van der Waals surface area (Å²) in [5.74, 6) is -0.540. The molecule has 2 saturated heterocycles. The molecule has 6 rings (SSSR count). The Morgan fingerprint density at radius 1 is 0.723 bits per heavy atom. The van der Waals surface area contributed by atoms with Crippen molar-refractivity contribution in [2.45, 2.75) is 43.7 Å². The Kier molecular flexibility index (Phi) is 10.2. The number of amides is 3. The zero-order chi connectivity index (χ0) is 33.1. The third kappa shape index (κ3) is 7.20. The Morgan fingerprint density at radius 3 is 2.11 bits per heavy atom. The molecule has 0 aliphatic carbocycles. The highest BCUT2D eigenvalue weighted by molar-refractivity contribution is 6.42. The van der Waals surface area contributed by atoms with E-state index in [4.69, 9.17) is 34.8 Å².